The minimum absolute atomic E-state index is 0.0999. The van der Waals surface area contributed by atoms with E-state index in [1.165, 1.54) is 5.39 Å². The van der Waals surface area contributed by atoms with E-state index in [1.807, 2.05) is 44.3 Å². The van der Waals surface area contributed by atoms with Crippen molar-refractivity contribution >= 4 is 16.8 Å². The molecule has 0 radical (unpaired) electrons. The second-order valence-corrected chi connectivity index (χ2v) is 5.30. The molecule has 0 fully saturated rings. The lowest BCUT2D eigenvalue weighted by molar-refractivity contribution is -0.121. The van der Waals surface area contributed by atoms with Gasteiger partial charge in [0, 0.05) is 22.6 Å². The molecule has 0 aliphatic heterocycles. The van der Waals surface area contributed by atoms with Crippen molar-refractivity contribution in [3.05, 3.63) is 36.0 Å². The van der Waals surface area contributed by atoms with Crippen LogP contribution in [0.1, 0.15) is 25.8 Å². The zero-order valence-corrected chi connectivity index (χ0v) is 11.2. The second-order valence-electron chi connectivity index (χ2n) is 5.30. The van der Waals surface area contributed by atoms with Crippen LogP contribution in [0.4, 0.5) is 0 Å². The van der Waals surface area contributed by atoms with Crippen LogP contribution in [-0.4, -0.2) is 16.4 Å². The average molecular weight is 255 g/mol. The predicted molar refractivity (Wildman–Crippen MR) is 74.5 cm³/mol. The number of carbonyl (C=O) groups is 1. The first kappa shape index (κ1) is 13.2. The van der Waals surface area contributed by atoms with Crippen molar-refractivity contribution in [3.63, 3.8) is 0 Å². The highest BCUT2D eigenvalue weighted by Crippen LogP contribution is 2.22. The molecular weight excluding hydrogens is 238 g/mol. The van der Waals surface area contributed by atoms with Crippen LogP contribution in [0.3, 0.4) is 0 Å². The van der Waals surface area contributed by atoms with E-state index >= 15 is 0 Å². The van der Waals surface area contributed by atoms with Crippen molar-refractivity contribution in [1.82, 2.24) is 10.3 Å². The van der Waals surface area contributed by atoms with Crippen molar-refractivity contribution in [2.75, 3.05) is 0 Å². The number of aromatic amines is 1. The summed E-state index contributed by atoms with van der Waals surface area (Å²) in [4.78, 5) is 14.7. The minimum Gasteiger partial charge on any atom is -0.361 e. The zero-order valence-electron chi connectivity index (χ0n) is 11.2. The van der Waals surface area contributed by atoms with Gasteiger partial charge in [0.05, 0.1) is 6.07 Å². The van der Waals surface area contributed by atoms with E-state index in [-0.39, 0.29) is 17.9 Å². The summed E-state index contributed by atoms with van der Waals surface area (Å²) in [6.07, 6.45) is 2.59. The van der Waals surface area contributed by atoms with E-state index in [2.05, 4.69) is 16.4 Å². The number of fused-ring (bicyclic) bond motifs is 1. The molecule has 1 aromatic carbocycles. The number of benzene rings is 1. The first-order valence-electron chi connectivity index (χ1n) is 6.25. The molecule has 0 unspecified atom stereocenters. The van der Waals surface area contributed by atoms with Gasteiger partial charge in [-0.15, -0.1) is 0 Å². The third-order valence-corrected chi connectivity index (χ3v) is 3.02. The maximum atomic E-state index is 11.5. The molecule has 0 atom stereocenters. The normalized spacial score (nSPS) is 11.2. The van der Waals surface area contributed by atoms with E-state index in [9.17, 15) is 4.79 Å². The summed E-state index contributed by atoms with van der Waals surface area (Å²) >= 11 is 0. The van der Waals surface area contributed by atoms with Gasteiger partial charge in [0.1, 0.15) is 6.42 Å². The number of nitrogens with zero attached hydrogens (tertiary/aromatic N) is 1. The van der Waals surface area contributed by atoms with Gasteiger partial charge in [0.2, 0.25) is 5.91 Å². The Balaban J connectivity index is 2.16. The van der Waals surface area contributed by atoms with Gasteiger partial charge in [0.15, 0.2) is 0 Å². The summed E-state index contributed by atoms with van der Waals surface area (Å²) in [6.45, 7) is 3.92. The lowest BCUT2D eigenvalue weighted by Gasteiger charge is -2.25. The third-order valence-electron chi connectivity index (χ3n) is 3.02. The Hall–Kier alpha value is -2.28. The number of para-hydroxylation sites is 1. The molecule has 0 aliphatic rings. The molecule has 0 aliphatic carbocycles. The highest BCUT2D eigenvalue weighted by atomic mass is 16.1. The van der Waals surface area contributed by atoms with Gasteiger partial charge >= 0.3 is 0 Å². The quantitative estimate of drug-likeness (QED) is 0.881. The first-order chi connectivity index (χ1) is 9.02. The molecule has 1 aromatic heterocycles. The van der Waals surface area contributed by atoms with Crippen LogP contribution in [0.5, 0.6) is 0 Å². The fourth-order valence-corrected chi connectivity index (χ4v) is 2.29. The number of carbonyl (C=O) groups excluding carboxylic acids is 1. The van der Waals surface area contributed by atoms with Gasteiger partial charge in [-0.05, 0) is 31.9 Å². The number of hydrogen-bond donors (Lipinski definition) is 2. The molecule has 2 N–H and O–H groups in total. The first-order valence-corrected chi connectivity index (χ1v) is 6.25. The van der Waals surface area contributed by atoms with Crippen molar-refractivity contribution < 1.29 is 4.79 Å². The molecule has 2 rings (SSSR count). The number of nitrogens with one attached hydrogen (secondary N) is 2. The van der Waals surface area contributed by atoms with Crippen LogP contribution in [0.25, 0.3) is 10.9 Å². The molecule has 0 saturated carbocycles. The molecule has 4 nitrogen and oxygen atoms in total. The lowest BCUT2D eigenvalue weighted by atomic mass is 9.94. The molecule has 1 amide bonds. The number of hydrogen-bond acceptors (Lipinski definition) is 2. The van der Waals surface area contributed by atoms with Crippen molar-refractivity contribution in [3.8, 4) is 6.07 Å². The number of amides is 1. The number of nitriles is 1. The van der Waals surface area contributed by atoms with Gasteiger partial charge in [-0.2, -0.15) is 5.26 Å². The van der Waals surface area contributed by atoms with Crippen molar-refractivity contribution in [1.29, 1.82) is 5.26 Å². The van der Waals surface area contributed by atoms with Crippen LogP contribution in [-0.2, 0) is 11.2 Å². The average Bonchev–Trinajstić information content (AvgIpc) is 2.72. The van der Waals surface area contributed by atoms with Gasteiger partial charge < -0.3 is 10.3 Å². The fraction of sp³-hybridized carbons (Fsp3) is 0.333. The Bertz CT molecular complexity index is 634. The molecule has 0 saturated heterocycles. The summed E-state index contributed by atoms with van der Waals surface area (Å²) in [5.41, 5.74) is 1.88. The summed E-state index contributed by atoms with van der Waals surface area (Å²) in [6, 6.07) is 9.94. The number of aromatic nitrogens is 1. The topological polar surface area (TPSA) is 68.7 Å². The zero-order chi connectivity index (χ0) is 13.9. The van der Waals surface area contributed by atoms with E-state index in [0.717, 1.165) is 11.1 Å². The van der Waals surface area contributed by atoms with Crippen LogP contribution >= 0.6 is 0 Å². The number of rotatable bonds is 4. The smallest absolute Gasteiger partial charge is 0.234 e. The summed E-state index contributed by atoms with van der Waals surface area (Å²) in [5.74, 6) is -0.229. The minimum atomic E-state index is -0.376. The summed E-state index contributed by atoms with van der Waals surface area (Å²) < 4.78 is 0. The monoisotopic (exact) mass is 255 g/mol. The maximum absolute atomic E-state index is 11.5. The van der Waals surface area contributed by atoms with E-state index in [4.69, 9.17) is 5.26 Å². The Kier molecular flexibility index (Phi) is 3.57. The molecule has 19 heavy (non-hydrogen) atoms. The van der Waals surface area contributed by atoms with Crippen LogP contribution in [0, 0.1) is 11.3 Å². The van der Waals surface area contributed by atoms with Crippen molar-refractivity contribution in [2.24, 2.45) is 0 Å². The molecule has 98 valence electrons. The molecule has 0 bridgehead atoms. The third kappa shape index (κ3) is 3.14. The van der Waals surface area contributed by atoms with Gasteiger partial charge in [0.25, 0.3) is 0 Å². The summed E-state index contributed by atoms with van der Waals surface area (Å²) in [5, 5.41) is 12.6. The molecular formula is C15H17N3O. The number of H-pyrrole nitrogens is 1. The Morgan fingerprint density at radius 3 is 2.89 bits per heavy atom. The van der Waals surface area contributed by atoms with Crippen molar-refractivity contribution in [2.45, 2.75) is 32.2 Å². The van der Waals surface area contributed by atoms with Gasteiger partial charge in [-0.1, -0.05) is 18.2 Å². The predicted octanol–water partition coefficient (Wildman–Crippen LogP) is 2.52. The molecule has 4 heteroatoms. The lowest BCUT2D eigenvalue weighted by Crippen LogP contribution is -2.44. The molecule has 2 aromatic rings. The van der Waals surface area contributed by atoms with Gasteiger partial charge in [-0.25, -0.2) is 0 Å². The Morgan fingerprint density at radius 1 is 1.42 bits per heavy atom. The van der Waals surface area contributed by atoms with E-state index < -0.39 is 0 Å². The largest absolute Gasteiger partial charge is 0.361 e. The molecule has 0 spiro atoms. The Labute approximate surface area is 112 Å². The van der Waals surface area contributed by atoms with Crippen LogP contribution in [0.15, 0.2) is 30.5 Å². The fourth-order valence-electron chi connectivity index (χ4n) is 2.29. The van der Waals surface area contributed by atoms with E-state index in [1.54, 1.807) is 0 Å². The van der Waals surface area contributed by atoms with Crippen LogP contribution < -0.4 is 5.32 Å². The highest BCUT2D eigenvalue weighted by Gasteiger charge is 2.22. The molecule has 1 heterocycles. The van der Waals surface area contributed by atoms with Crippen LogP contribution in [0.2, 0.25) is 0 Å². The Morgan fingerprint density at radius 2 is 2.16 bits per heavy atom. The second kappa shape index (κ2) is 5.15. The highest BCUT2D eigenvalue weighted by molar-refractivity contribution is 5.83. The summed E-state index contributed by atoms with van der Waals surface area (Å²) in [7, 11) is 0. The SMILES string of the molecule is CC(C)(Cc1c[nH]c2ccccc12)NC(=O)CC#N. The standard InChI is InChI=1S/C15H17N3O/c1-15(2,18-14(19)7-8-16)9-11-10-17-13-6-4-3-5-12(11)13/h3-6,10,17H,7,9H2,1-2H3,(H,18,19). The van der Waals surface area contributed by atoms with Gasteiger partial charge in [-0.3, -0.25) is 4.79 Å². The maximum Gasteiger partial charge on any atom is 0.234 e. The van der Waals surface area contributed by atoms with E-state index in [0.29, 0.717) is 6.42 Å².